The summed E-state index contributed by atoms with van der Waals surface area (Å²) in [5, 5.41) is 37.8. The second-order valence-electron chi connectivity index (χ2n) is 22.5. The van der Waals surface area contributed by atoms with Gasteiger partial charge in [0.15, 0.2) is 29.1 Å². The van der Waals surface area contributed by atoms with E-state index in [2.05, 4.69) is 31.8 Å². The van der Waals surface area contributed by atoms with E-state index in [-0.39, 0.29) is 70.2 Å². The zero-order valence-corrected chi connectivity index (χ0v) is 50.8. The molecule has 0 saturated carbocycles. The SMILES string of the molecule is CC(C)(C)CCC(=O)C1=CCC1.CC(C)c1c(F)c(F)cc(F)c1F.CC(C)c1cc(C#N)ccc1F.CC(C)c1cc([N+](=O)[O-])ccc1F.CC(C)c1cccc(C#N)c1F.CC(C)c1cccc([N+](=O)[O-])c1F.CC(C)c1cnccc1F. The third-order valence-corrected chi connectivity index (χ3v) is 12.6. The number of halogens is 9. The number of nitriles is 2. The molecule has 0 aliphatic heterocycles. The standard InChI is InChI=1S/C11H18O.2C10H10FN.C9H8F4.2C9H10FNO2.C8H10FN/c1-11(2,3)8-7-10(12)9-5-4-6-9;1-7(2)9-5-8(6-12)3-4-10(9)11;1-7(2)9-5-3-4-8(6-12)10(9)11;1-4(2)7-8(12)5(10)3-6(11)9(7)13;1-6(2)8-5-7(11(12)13)3-4-9(8)10;1-6(2)7-4-3-5-8(9(7)10)11(12)13;1-6(2)7-5-10-4-3-8(7)9/h5H,4,6-8H2,1-3H3;2*3-5,7H,1-2H3;3-4H,1-2H3;2*3-6H,1-2H3;3-6H,1-2H3. The van der Waals surface area contributed by atoms with Crippen LogP contribution in [0.3, 0.4) is 0 Å². The van der Waals surface area contributed by atoms with Gasteiger partial charge < -0.3 is 0 Å². The van der Waals surface area contributed by atoms with Crippen molar-refractivity contribution in [3.8, 4) is 12.1 Å². The molecule has 0 N–H and O–H groups in total. The molecule has 19 heteroatoms. The molecule has 7 rings (SSSR count). The minimum absolute atomic E-state index is 0.0418. The predicted octanol–water partition coefficient (Wildman–Crippen LogP) is 20.2. The van der Waals surface area contributed by atoms with E-state index in [4.69, 9.17) is 10.5 Å². The Morgan fingerprint density at radius 1 is 0.553 bits per heavy atom. The number of rotatable bonds is 11. The van der Waals surface area contributed by atoms with Crippen LogP contribution in [0.25, 0.3) is 0 Å². The lowest BCUT2D eigenvalue weighted by atomic mass is 9.86. The number of non-ortho nitro benzene ring substituents is 1. The molecular weight excluding hydrogens is 1110 g/mol. The van der Waals surface area contributed by atoms with Crippen LogP contribution >= 0.6 is 0 Å². The molecule has 5 aromatic carbocycles. The number of pyridine rings is 1. The summed E-state index contributed by atoms with van der Waals surface area (Å²) in [5.41, 5.74) is 3.60. The molecule has 6 aromatic rings. The van der Waals surface area contributed by atoms with Gasteiger partial charge in [-0.05, 0) is 124 Å². The van der Waals surface area contributed by atoms with Gasteiger partial charge in [0.2, 0.25) is 5.82 Å². The van der Waals surface area contributed by atoms with Gasteiger partial charge in [0.25, 0.3) is 5.69 Å². The molecule has 85 heavy (non-hydrogen) atoms. The molecule has 1 aliphatic carbocycles. The number of hydrogen-bond acceptors (Lipinski definition) is 8. The Hall–Kier alpha value is -8.19. The van der Waals surface area contributed by atoms with Crippen molar-refractivity contribution in [1.29, 1.82) is 10.5 Å². The molecule has 0 atom stereocenters. The Balaban J connectivity index is 0.000000496. The minimum atomic E-state index is -1.36. The smallest absolute Gasteiger partial charge is 0.295 e. The molecule has 0 spiro atoms. The molecule has 0 fully saturated rings. The van der Waals surface area contributed by atoms with Gasteiger partial charge in [-0.2, -0.15) is 14.9 Å². The molecule has 0 unspecified atom stereocenters. The summed E-state index contributed by atoms with van der Waals surface area (Å²) < 4.78 is 117. The quantitative estimate of drug-likeness (QED) is 0.0535. The average Bonchev–Trinajstić information content (AvgIpc) is 3.62. The number of nitro benzene ring substituents is 2. The van der Waals surface area contributed by atoms with Crippen LogP contribution in [0.2, 0.25) is 0 Å². The number of nitrogens with zero attached hydrogens (tertiary/aromatic N) is 5. The second-order valence-corrected chi connectivity index (χ2v) is 22.5. The molecule has 0 bridgehead atoms. The molecule has 0 saturated heterocycles. The molecule has 1 heterocycles. The van der Waals surface area contributed by atoms with Crippen molar-refractivity contribution in [3.63, 3.8) is 0 Å². The summed E-state index contributed by atoms with van der Waals surface area (Å²) >= 11 is 0. The van der Waals surface area contributed by atoms with E-state index in [1.165, 1.54) is 68.6 Å². The van der Waals surface area contributed by atoms with Crippen molar-refractivity contribution in [3.05, 3.63) is 226 Å². The summed E-state index contributed by atoms with van der Waals surface area (Å²) in [7, 11) is 0. The number of aromatic nitrogens is 1. The minimum Gasteiger partial charge on any atom is -0.295 e. The van der Waals surface area contributed by atoms with Crippen LogP contribution in [0.1, 0.15) is 210 Å². The number of carbonyl (C=O) groups is 1. The number of nitro groups is 2. The maximum atomic E-state index is 13.3. The van der Waals surface area contributed by atoms with Crippen LogP contribution in [0, 0.1) is 101 Å². The fourth-order valence-electron chi connectivity index (χ4n) is 7.45. The first-order chi connectivity index (χ1) is 39.5. The fraction of sp³-hybridized carbons (Fsp3) is 0.394. The van der Waals surface area contributed by atoms with Gasteiger partial charge in [-0.3, -0.25) is 30.0 Å². The Morgan fingerprint density at radius 3 is 1.42 bits per heavy atom. The number of ketones is 1. The Labute approximate surface area is 493 Å². The van der Waals surface area contributed by atoms with Crippen LogP contribution in [-0.2, 0) is 4.79 Å². The molecule has 0 amide bonds. The first-order valence-electron chi connectivity index (χ1n) is 27.4. The molecule has 1 aromatic heterocycles. The lowest BCUT2D eigenvalue weighted by Gasteiger charge is -2.19. The predicted molar refractivity (Wildman–Crippen MR) is 314 cm³/mol. The van der Waals surface area contributed by atoms with Gasteiger partial charge >= 0.3 is 5.69 Å². The van der Waals surface area contributed by atoms with E-state index in [9.17, 15) is 64.5 Å². The summed E-state index contributed by atoms with van der Waals surface area (Å²) in [6, 6.07) is 22.5. The van der Waals surface area contributed by atoms with E-state index >= 15 is 0 Å². The first-order valence-corrected chi connectivity index (χ1v) is 27.4. The lowest BCUT2D eigenvalue weighted by molar-refractivity contribution is -0.387. The maximum absolute atomic E-state index is 13.3. The maximum Gasteiger partial charge on any atom is 0.305 e. The monoisotopic (exact) mass is 1190 g/mol. The van der Waals surface area contributed by atoms with E-state index in [0.717, 1.165) is 37.3 Å². The van der Waals surface area contributed by atoms with Crippen molar-refractivity contribution < 1.29 is 54.2 Å². The Kier molecular flexibility index (Phi) is 31.5. The molecular formula is C66H76F9N5O5. The van der Waals surface area contributed by atoms with Gasteiger partial charge in [-0.15, -0.1) is 0 Å². The van der Waals surface area contributed by atoms with Gasteiger partial charge in [-0.25, -0.2) is 35.1 Å². The number of hydrogen-bond donors (Lipinski definition) is 0. The van der Waals surface area contributed by atoms with Gasteiger partial charge in [0.05, 0.1) is 27.0 Å². The van der Waals surface area contributed by atoms with Crippen molar-refractivity contribution in [2.24, 2.45) is 5.41 Å². The highest BCUT2D eigenvalue weighted by molar-refractivity contribution is 5.96. The van der Waals surface area contributed by atoms with Crippen LogP contribution in [0.15, 0.2) is 109 Å². The fourth-order valence-corrected chi connectivity index (χ4v) is 7.45. The highest BCUT2D eigenvalue weighted by Gasteiger charge is 2.22. The van der Waals surface area contributed by atoms with Gasteiger partial charge in [0.1, 0.15) is 29.3 Å². The van der Waals surface area contributed by atoms with E-state index in [0.29, 0.717) is 44.6 Å². The van der Waals surface area contributed by atoms with Crippen molar-refractivity contribution >= 4 is 17.2 Å². The van der Waals surface area contributed by atoms with Crippen LogP contribution in [0.5, 0.6) is 0 Å². The normalized spacial score (nSPS) is 11.3. The third-order valence-electron chi connectivity index (χ3n) is 12.6. The van der Waals surface area contributed by atoms with E-state index in [1.807, 2.05) is 53.7 Å². The molecule has 0 radical (unpaired) electrons. The lowest BCUT2D eigenvalue weighted by Crippen LogP contribution is -2.12. The van der Waals surface area contributed by atoms with Crippen molar-refractivity contribution in [2.75, 3.05) is 0 Å². The van der Waals surface area contributed by atoms with Crippen LogP contribution in [-0.4, -0.2) is 20.6 Å². The highest BCUT2D eigenvalue weighted by atomic mass is 19.2. The van der Waals surface area contributed by atoms with Crippen LogP contribution in [0.4, 0.5) is 50.9 Å². The highest BCUT2D eigenvalue weighted by Crippen LogP contribution is 2.29. The topological polar surface area (TPSA) is 164 Å². The number of benzene rings is 5. The van der Waals surface area contributed by atoms with Crippen LogP contribution < -0.4 is 0 Å². The van der Waals surface area contributed by atoms with Crippen molar-refractivity contribution in [1.82, 2.24) is 4.98 Å². The average molecular weight is 1190 g/mol. The third kappa shape index (κ3) is 24.9. The van der Waals surface area contributed by atoms with E-state index in [1.54, 1.807) is 58.2 Å². The zero-order valence-electron chi connectivity index (χ0n) is 50.8. The summed E-state index contributed by atoms with van der Waals surface area (Å²) in [6.07, 6.45) is 8.95. The Bertz CT molecular complexity index is 3270. The number of Topliss-reactive ketones (excluding diaryl/α,β-unsaturated/α-hetero) is 1. The van der Waals surface area contributed by atoms with Gasteiger partial charge in [0, 0.05) is 54.2 Å². The molecule has 10 nitrogen and oxygen atoms in total. The summed E-state index contributed by atoms with van der Waals surface area (Å²) in [4.78, 5) is 34.7. The van der Waals surface area contributed by atoms with Crippen molar-refractivity contribution in [2.45, 2.75) is 165 Å². The molecule has 1 aliphatic rings. The largest absolute Gasteiger partial charge is 0.305 e. The zero-order chi connectivity index (χ0) is 65.2. The first kappa shape index (κ1) is 74.8. The Morgan fingerprint density at radius 2 is 1.02 bits per heavy atom. The number of allylic oxidation sites excluding steroid dienone is 2. The van der Waals surface area contributed by atoms with E-state index < -0.39 is 56.1 Å². The summed E-state index contributed by atoms with van der Waals surface area (Å²) in [5.74, 6) is -7.06. The number of carbonyl (C=O) groups excluding carboxylic acids is 1. The van der Waals surface area contributed by atoms with Gasteiger partial charge in [-0.1, -0.05) is 134 Å². The molecule has 458 valence electrons. The summed E-state index contributed by atoms with van der Waals surface area (Å²) in [6.45, 7) is 28.1. The second kappa shape index (κ2) is 35.8.